The van der Waals surface area contributed by atoms with Gasteiger partial charge < -0.3 is 5.73 Å². The molecule has 3 rings (SSSR count). The van der Waals surface area contributed by atoms with Crippen molar-refractivity contribution >= 4 is 17.7 Å². The molecule has 0 unspecified atom stereocenters. The highest BCUT2D eigenvalue weighted by Gasteiger charge is 2.60. The molecule has 5 atom stereocenters. The van der Waals surface area contributed by atoms with Crippen molar-refractivity contribution in [2.75, 3.05) is 0 Å². The Balaban J connectivity index is 1.86. The van der Waals surface area contributed by atoms with Gasteiger partial charge in [-0.2, -0.15) is 0 Å². The molecule has 1 aliphatic heterocycles. The minimum atomic E-state index is -0.764. The van der Waals surface area contributed by atoms with Crippen LogP contribution in [0, 0.1) is 23.7 Å². The third-order valence-electron chi connectivity index (χ3n) is 4.98. The Morgan fingerprint density at radius 1 is 1.30 bits per heavy atom. The lowest BCUT2D eigenvalue weighted by Crippen LogP contribution is -2.49. The lowest BCUT2D eigenvalue weighted by atomic mass is 9.85. The number of hydrogen-bond acceptors (Lipinski definition) is 3. The first-order valence-electron chi connectivity index (χ1n) is 7.40. The van der Waals surface area contributed by atoms with Crippen LogP contribution >= 0.6 is 0 Å². The predicted octanol–water partition coefficient (Wildman–Crippen LogP) is 0.838. The first kappa shape index (κ1) is 13.3. The second-order valence-corrected chi connectivity index (χ2v) is 6.11. The fourth-order valence-electron chi connectivity index (χ4n) is 4.03. The van der Waals surface area contributed by atoms with Crippen LogP contribution in [0.25, 0.3) is 0 Å². The number of likely N-dealkylation sites (tertiary alicyclic amines) is 1. The smallest absolute Gasteiger partial charge is 0.240 e. The van der Waals surface area contributed by atoms with Crippen molar-refractivity contribution in [2.24, 2.45) is 29.4 Å². The van der Waals surface area contributed by atoms with Crippen molar-refractivity contribution in [3.05, 3.63) is 12.2 Å². The maximum absolute atomic E-state index is 12.6. The van der Waals surface area contributed by atoms with Gasteiger partial charge in [0.15, 0.2) is 0 Å². The monoisotopic (exact) mass is 276 g/mol. The number of carbonyl (C=O) groups excluding carboxylic acids is 3. The largest absolute Gasteiger partial charge is 0.368 e. The third kappa shape index (κ3) is 1.72. The number of nitrogens with zero attached hydrogens (tertiary/aromatic N) is 1. The van der Waals surface area contributed by atoms with Crippen LogP contribution in [0.2, 0.25) is 0 Å². The summed E-state index contributed by atoms with van der Waals surface area (Å²) in [5, 5.41) is 0. The molecule has 1 saturated heterocycles. The molecule has 2 bridgehead atoms. The van der Waals surface area contributed by atoms with Gasteiger partial charge in [0.25, 0.3) is 0 Å². The van der Waals surface area contributed by atoms with E-state index in [1.807, 2.05) is 19.1 Å². The highest BCUT2D eigenvalue weighted by atomic mass is 16.2. The van der Waals surface area contributed by atoms with Gasteiger partial charge in [-0.25, -0.2) is 0 Å². The summed E-state index contributed by atoms with van der Waals surface area (Å²) in [4.78, 5) is 37.9. The van der Waals surface area contributed by atoms with Gasteiger partial charge in [-0.3, -0.25) is 19.3 Å². The van der Waals surface area contributed by atoms with Gasteiger partial charge in [0.1, 0.15) is 6.04 Å². The van der Waals surface area contributed by atoms with Crippen LogP contribution in [0.3, 0.4) is 0 Å². The van der Waals surface area contributed by atoms with E-state index in [0.29, 0.717) is 6.42 Å². The van der Waals surface area contributed by atoms with Crippen molar-refractivity contribution in [2.45, 2.75) is 38.6 Å². The fourth-order valence-corrected chi connectivity index (χ4v) is 4.03. The van der Waals surface area contributed by atoms with E-state index in [0.717, 1.165) is 19.3 Å². The molecule has 3 aliphatic rings. The minimum absolute atomic E-state index is 0.172. The quantitative estimate of drug-likeness (QED) is 0.597. The van der Waals surface area contributed by atoms with Crippen LogP contribution < -0.4 is 5.73 Å². The molecule has 2 fully saturated rings. The van der Waals surface area contributed by atoms with Crippen LogP contribution in [0.5, 0.6) is 0 Å². The standard InChI is InChI=1S/C15H20N2O3/c1-2-3-4-10(13(16)18)17-14(19)11-8-5-6-9(7-8)12(11)15(17)20/h5-6,8-12H,2-4,7H2,1H3,(H2,16,18)/t8-,9-,10-,11-,12+/m0/s1. The molecule has 0 radical (unpaired) electrons. The van der Waals surface area contributed by atoms with Crippen LogP contribution in [0.4, 0.5) is 0 Å². The topological polar surface area (TPSA) is 80.5 Å². The number of imide groups is 1. The average Bonchev–Trinajstić information content (AvgIpc) is 3.07. The van der Waals surface area contributed by atoms with Crippen molar-refractivity contribution < 1.29 is 14.4 Å². The Bertz CT molecular complexity index is 469. The lowest BCUT2D eigenvalue weighted by molar-refractivity contribution is -0.148. The van der Waals surface area contributed by atoms with E-state index in [1.54, 1.807) is 0 Å². The fraction of sp³-hybridized carbons (Fsp3) is 0.667. The number of primary amides is 1. The van der Waals surface area contributed by atoms with Crippen molar-refractivity contribution in [3.63, 3.8) is 0 Å². The molecule has 0 aromatic rings. The zero-order valence-electron chi connectivity index (χ0n) is 11.6. The van der Waals surface area contributed by atoms with Crippen molar-refractivity contribution in [3.8, 4) is 0 Å². The molecule has 2 aliphatic carbocycles. The second kappa shape index (κ2) is 4.72. The van der Waals surface area contributed by atoms with Crippen molar-refractivity contribution in [1.29, 1.82) is 0 Å². The highest BCUT2D eigenvalue weighted by Crippen LogP contribution is 2.52. The Labute approximate surface area is 118 Å². The average molecular weight is 276 g/mol. The maximum atomic E-state index is 12.6. The number of carbonyl (C=O) groups is 3. The van der Waals surface area contributed by atoms with Gasteiger partial charge in [0.05, 0.1) is 11.8 Å². The summed E-state index contributed by atoms with van der Waals surface area (Å²) < 4.78 is 0. The Hall–Kier alpha value is -1.65. The van der Waals surface area contributed by atoms with Crippen LogP contribution in [-0.2, 0) is 14.4 Å². The summed E-state index contributed by atoms with van der Waals surface area (Å²) in [5.41, 5.74) is 5.42. The highest BCUT2D eigenvalue weighted by molar-refractivity contribution is 6.09. The molecule has 108 valence electrons. The summed E-state index contributed by atoms with van der Waals surface area (Å²) in [5.74, 6) is -1.09. The zero-order valence-corrected chi connectivity index (χ0v) is 11.6. The number of rotatable bonds is 5. The summed E-state index contributed by atoms with van der Waals surface area (Å²) >= 11 is 0. The molecule has 1 heterocycles. The third-order valence-corrected chi connectivity index (χ3v) is 4.98. The van der Waals surface area contributed by atoms with E-state index in [4.69, 9.17) is 5.73 Å². The summed E-state index contributed by atoms with van der Waals surface area (Å²) in [7, 11) is 0. The number of nitrogens with two attached hydrogens (primary N) is 1. The van der Waals surface area contributed by atoms with Crippen LogP contribution in [-0.4, -0.2) is 28.7 Å². The first-order chi connectivity index (χ1) is 9.56. The summed E-state index contributed by atoms with van der Waals surface area (Å²) in [6, 6.07) is -0.764. The number of unbranched alkanes of at least 4 members (excludes halogenated alkanes) is 1. The second-order valence-electron chi connectivity index (χ2n) is 6.11. The van der Waals surface area contributed by atoms with Gasteiger partial charge in [-0.05, 0) is 24.7 Å². The minimum Gasteiger partial charge on any atom is -0.368 e. The molecule has 0 aromatic heterocycles. The van der Waals surface area contributed by atoms with E-state index in [1.165, 1.54) is 4.90 Å². The first-order valence-corrected chi connectivity index (χ1v) is 7.40. The molecule has 20 heavy (non-hydrogen) atoms. The number of allylic oxidation sites excluding steroid dienone is 2. The predicted molar refractivity (Wildman–Crippen MR) is 72.1 cm³/mol. The molecule has 2 N–H and O–H groups in total. The van der Waals surface area contributed by atoms with E-state index >= 15 is 0 Å². The van der Waals surface area contributed by atoms with Gasteiger partial charge >= 0.3 is 0 Å². The van der Waals surface area contributed by atoms with Gasteiger partial charge in [-0.1, -0.05) is 31.9 Å². The van der Waals surface area contributed by atoms with Crippen molar-refractivity contribution in [1.82, 2.24) is 4.90 Å². The van der Waals surface area contributed by atoms with Crippen LogP contribution in [0.1, 0.15) is 32.6 Å². The number of amides is 3. The number of fused-ring (bicyclic) bond motifs is 5. The molecule has 0 aromatic carbocycles. The Morgan fingerprint density at radius 2 is 1.85 bits per heavy atom. The van der Waals surface area contributed by atoms with Gasteiger partial charge in [0, 0.05) is 0 Å². The molecule has 1 saturated carbocycles. The molecule has 0 spiro atoms. The SMILES string of the molecule is CCCC[C@@H](C(N)=O)N1C(=O)[C@@H]2[C@H](C1=O)[C@H]1C=C[C@H]2C1. The summed E-state index contributed by atoms with van der Waals surface area (Å²) in [6.45, 7) is 2.00. The zero-order chi connectivity index (χ0) is 14.4. The lowest BCUT2D eigenvalue weighted by Gasteiger charge is -2.25. The van der Waals surface area contributed by atoms with Crippen LogP contribution in [0.15, 0.2) is 12.2 Å². The van der Waals surface area contributed by atoms with E-state index < -0.39 is 11.9 Å². The Morgan fingerprint density at radius 3 is 2.30 bits per heavy atom. The molecule has 5 nitrogen and oxygen atoms in total. The van der Waals surface area contributed by atoms with E-state index in [2.05, 4.69) is 0 Å². The van der Waals surface area contributed by atoms with E-state index in [9.17, 15) is 14.4 Å². The molecular weight excluding hydrogens is 256 g/mol. The molecular formula is C15H20N2O3. The maximum Gasteiger partial charge on any atom is 0.240 e. The normalized spacial score (nSPS) is 35.8. The van der Waals surface area contributed by atoms with Gasteiger partial charge in [-0.15, -0.1) is 0 Å². The Kier molecular flexibility index (Phi) is 3.15. The number of hydrogen-bond donors (Lipinski definition) is 1. The molecule has 5 heteroatoms. The van der Waals surface area contributed by atoms with E-state index in [-0.39, 0.29) is 35.5 Å². The van der Waals surface area contributed by atoms with Gasteiger partial charge in [0.2, 0.25) is 17.7 Å². The summed E-state index contributed by atoms with van der Waals surface area (Å²) in [6.07, 6.45) is 7.16. The molecule has 3 amide bonds.